The van der Waals surface area contributed by atoms with E-state index in [4.69, 9.17) is 4.42 Å². The van der Waals surface area contributed by atoms with Crippen molar-refractivity contribution in [1.82, 2.24) is 16.0 Å². The highest BCUT2D eigenvalue weighted by Gasteiger charge is 2.25. The molecule has 6 nitrogen and oxygen atoms in total. The van der Waals surface area contributed by atoms with Crippen molar-refractivity contribution in [1.29, 1.82) is 0 Å². The average molecular weight is 378 g/mol. The van der Waals surface area contributed by atoms with E-state index in [-0.39, 0.29) is 36.0 Å². The third-order valence-electron chi connectivity index (χ3n) is 4.33. The molecule has 7 heteroatoms. The first-order valence-electron chi connectivity index (χ1n) is 8.62. The number of nitrogens with one attached hydrogen (secondary N) is 3. The van der Waals surface area contributed by atoms with Gasteiger partial charge in [0.25, 0.3) is 5.91 Å². The summed E-state index contributed by atoms with van der Waals surface area (Å²) >= 11 is 0. The largest absolute Gasteiger partial charge is 0.459 e. The van der Waals surface area contributed by atoms with Crippen molar-refractivity contribution in [2.75, 3.05) is 13.1 Å². The molecular formula is C19H24ClN3O3. The molecule has 1 unspecified atom stereocenters. The summed E-state index contributed by atoms with van der Waals surface area (Å²) in [6, 6.07) is 12.4. The van der Waals surface area contributed by atoms with Crippen molar-refractivity contribution < 1.29 is 14.0 Å². The van der Waals surface area contributed by atoms with Crippen molar-refractivity contribution in [3.05, 3.63) is 60.1 Å². The summed E-state index contributed by atoms with van der Waals surface area (Å²) in [4.78, 5) is 25.1. The van der Waals surface area contributed by atoms with Gasteiger partial charge in [0.05, 0.1) is 6.26 Å². The number of benzene rings is 1. The van der Waals surface area contributed by atoms with Gasteiger partial charge in [-0.2, -0.15) is 0 Å². The second-order valence-electron chi connectivity index (χ2n) is 6.23. The van der Waals surface area contributed by atoms with E-state index in [0.717, 1.165) is 31.5 Å². The zero-order valence-electron chi connectivity index (χ0n) is 14.4. The van der Waals surface area contributed by atoms with Gasteiger partial charge in [0.1, 0.15) is 6.04 Å². The lowest BCUT2D eigenvalue weighted by molar-refractivity contribution is -0.123. The van der Waals surface area contributed by atoms with Gasteiger partial charge in [-0.05, 0) is 43.6 Å². The van der Waals surface area contributed by atoms with Gasteiger partial charge >= 0.3 is 0 Å². The monoisotopic (exact) mass is 377 g/mol. The Balaban J connectivity index is 0.00000243. The van der Waals surface area contributed by atoms with E-state index in [9.17, 15) is 9.59 Å². The Morgan fingerprint density at radius 1 is 1.12 bits per heavy atom. The molecule has 1 atom stereocenters. The smallest absolute Gasteiger partial charge is 0.287 e. The molecule has 3 rings (SSSR count). The van der Waals surface area contributed by atoms with E-state index in [1.807, 2.05) is 30.3 Å². The van der Waals surface area contributed by atoms with Crippen LogP contribution in [0.3, 0.4) is 0 Å². The maximum atomic E-state index is 12.7. The van der Waals surface area contributed by atoms with Crippen LogP contribution in [0.4, 0.5) is 0 Å². The van der Waals surface area contributed by atoms with Crippen molar-refractivity contribution in [3.63, 3.8) is 0 Å². The van der Waals surface area contributed by atoms with Crippen LogP contribution < -0.4 is 16.0 Å². The van der Waals surface area contributed by atoms with Crippen molar-refractivity contribution in [2.45, 2.75) is 31.3 Å². The van der Waals surface area contributed by atoms with E-state index < -0.39 is 6.04 Å². The number of carbonyl (C=O) groups is 2. The molecule has 2 heterocycles. The van der Waals surface area contributed by atoms with E-state index >= 15 is 0 Å². The lowest BCUT2D eigenvalue weighted by Crippen LogP contribution is -2.52. The third-order valence-corrected chi connectivity index (χ3v) is 4.33. The van der Waals surface area contributed by atoms with E-state index in [1.165, 1.54) is 6.26 Å². The normalized spacial score (nSPS) is 15.5. The number of furan rings is 1. The lowest BCUT2D eigenvalue weighted by atomic mass is 10.0. The second-order valence-corrected chi connectivity index (χ2v) is 6.23. The molecule has 1 fully saturated rings. The fourth-order valence-electron chi connectivity index (χ4n) is 2.96. The van der Waals surface area contributed by atoms with Gasteiger partial charge in [0.2, 0.25) is 5.91 Å². The van der Waals surface area contributed by atoms with Crippen LogP contribution in [-0.4, -0.2) is 37.0 Å². The quantitative estimate of drug-likeness (QED) is 0.718. The maximum absolute atomic E-state index is 12.7. The highest BCUT2D eigenvalue weighted by atomic mass is 35.5. The molecule has 3 N–H and O–H groups in total. The molecular weight excluding hydrogens is 354 g/mol. The van der Waals surface area contributed by atoms with Gasteiger partial charge in [0, 0.05) is 12.5 Å². The predicted molar refractivity (Wildman–Crippen MR) is 101 cm³/mol. The fourth-order valence-corrected chi connectivity index (χ4v) is 2.96. The summed E-state index contributed by atoms with van der Waals surface area (Å²) in [5.41, 5.74) is 0.993. The zero-order valence-corrected chi connectivity index (χ0v) is 15.3. The van der Waals surface area contributed by atoms with Gasteiger partial charge in [-0.25, -0.2) is 0 Å². The van der Waals surface area contributed by atoms with E-state index in [1.54, 1.807) is 12.1 Å². The minimum absolute atomic E-state index is 0. The summed E-state index contributed by atoms with van der Waals surface area (Å²) in [6.07, 6.45) is 3.67. The van der Waals surface area contributed by atoms with Crippen LogP contribution in [0.2, 0.25) is 0 Å². The summed E-state index contributed by atoms with van der Waals surface area (Å²) in [5, 5.41) is 9.14. The molecule has 0 aliphatic carbocycles. The number of carbonyl (C=O) groups excluding carboxylic acids is 2. The Kier molecular flexibility index (Phi) is 7.69. The van der Waals surface area contributed by atoms with Crippen molar-refractivity contribution >= 4 is 24.2 Å². The van der Waals surface area contributed by atoms with E-state index in [0.29, 0.717) is 6.42 Å². The Hall–Kier alpha value is -2.31. The Morgan fingerprint density at radius 3 is 2.50 bits per heavy atom. The molecule has 140 valence electrons. The van der Waals surface area contributed by atoms with Gasteiger partial charge < -0.3 is 20.4 Å². The first-order valence-corrected chi connectivity index (χ1v) is 8.62. The third kappa shape index (κ3) is 5.61. The SMILES string of the molecule is Cl.O=C(NC(Cc1ccccc1)C(=O)NC1CCNCC1)c1ccco1. The Labute approximate surface area is 159 Å². The molecule has 1 aliphatic rings. The van der Waals surface area contributed by atoms with Crippen LogP contribution in [0.1, 0.15) is 29.0 Å². The van der Waals surface area contributed by atoms with Gasteiger partial charge in [-0.15, -0.1) is 12.4 Å². The summed E-state index contributed by atoms with van der Waals surface area (Å²) in [6.45, 7) is 1.79. The molecule has 1 aromatic carbocycles. The van der Waals surface area contributed by atoms with Crippen LogP contribution in [0.5, 0.6) is 0 Å². The minimum Gasteiger partial charge on any atom is -0.459 e. The summed E-state index contributed by atoms with van der Waals surface area (Å²) in [7, 11) is 0. The lowest BCUT2D eigenvalue weighted by Gasteiger charge is -2.26. The van der Waals surface area contributed by atoms with Crippen LogP contribution in [-0.2, 0) is 11.2 Å². The zero-order chi connectivity index (χ0) is 17.5. The van der Waals surface area contributed by atoms with Gasteiger partial charge in [0.15, 0.2) is 5.76 Å². The van der Waals surface area contributed by atoms with Crippen molar-refractivity contribution in [3.8, 4) is 0 Å². The molecule has 2 aromatic rings. The second kappa shape index (κ2) is 9.99. The van der Waals surface area contributed by atoms with E-state index in [2.05, 4.69) is 16.0 Å². The number of rotatable bonds is 6. The maximum Gasteiger partial charge on any atom is 0.287 e. The molecule has 0 bridgehead atoms. The molecule has 2 amide bonds. The molecule has 0 spiro atoms. The minimum atomic E-state index is -0.644. The average Bonchev–Trinajstić information content (AvgIpc) is 3.18. The molecule has 26 heavy (non-hydrogen) atoms. The van der Waals surface area contributed by atoms with Gasteiger partial charge in [-0.3, -0.25) is 9.59 Å². The predicted octanol–water partition coefficient (Wildman–Crippen LogP) is 1.91. The van der Waals surface area contributed by atoms with Gasteiger partial charge in [-0.1, -0.05) is 30.3 Å². The van der Waals surface area contributed by atoms with Crippen molar-refractivity contribution in [2.24, 2.45) is 0 Å². The van der Waals surface area contributed by atoms with Crippen LogP contribution >= 0.6 is 12.4 Å². The first-order chi connectivity index (χ1) is 12.2. The molecule has 0 radical (unpaired) electrons. The number of piperidine rings is 1. The number of hydrogen-bond donors (Lipinski definition) is 3. The van der Waals surface area contributed by atoms with Crippen LogP contribution in [0.25, 0.3) is 0 Å². The molecule has 0 saturated carbocycles. The van der Waals surface area contributed by atoms with Crippen LogP contribution in [0, 0.1) is 0 Å². The van der Waals surface area contributed by atoms with Crippen LogP contribution in [0.15, 0.2) is 53.1 Å². The Bertz CT molecular complexity index is 685. The topological polar surface area (TPSA) is 83.4 Å². The molecule has 1 aliphatic heterocycles. The Morgan fingerprint density at radius 2 is 1.85 bits per heavy atom. The highest BCUT2D eigenvalue weighted by molar-refractivity contribution is 5.95. The first kappa shape index (κ1) is 20.0. The molecule has 1 saturated heterocycles. The number of hydrogen-bond acceptors (Lipinski definition) is 4. The summed E-state index contributed by atoms with van der Waals surface area (Å²) in [5.74, 6) is -0.338. The fraction of sp³-hybridized carbons (Fsp3) is 0.368. The number of amides is 2. The highest BCUT2D eigenvalue weighted by Crippen LogP contribution is 2.08. The standard InChI is InChI=1S/C19H23N3O3.ClH/c23-18(21-15-8-10-20-11-9-15)16(13-14-5-2-1-3-6-14)22-19(24)17-7-4-12-25-17;/h1-7,12,15-16,20H,8-11,13H2,(H,21,23)(H,22,24);1H. The summed E-state index contributed by atoms with van der Waals surface area (Å²) < 4.78 is 5.12. The molecule has 1 aromatic heterocycles. The number of halogens is 1.